The van der Waals surface area contributed by atoms with Crippen LogP contribution >= 0.6 is 11.3 Å². The van der Waals surface area contributed by atoms with Crippen LogP contribution in [-0.2, 0) is 0 Å². The van der Waals surface area contributed by atoms with E-state index in [0.717, 1.165) is 11.8 Å². The number of hydrogen-bond donors (Lipinski definition) is 2. The molecule has 1 aromatic heterocycles. The summed E-state index contributed by atoms with van der Waals surface area (Å²) in [5.74, 6) is 2.60. The van der Waals surface area contributed by atoms with E-state index in [9.17, 15) is 0 Å². The highest BCUT2D eigenvalue weighted by Crippen LogP contribution is 2.48. The first kappa shape index (κ1) is 12.2. The molecule has 2 heterocycles. The van der Waals surface area contributed by atoms with E-state index in [1.54, 1.807) is 11.3 Å². The lowest BCUT2D eigenvalue weighted by molar-refractivity contribution is 0.0506. The highest BCUT2D eigenvalue weighted by molar-refractivity contribution is 7.17. The van der Waals surface area contributed by atoms with Crippen molar-refractivity contribution in [2.24, 2.45) is 16.8 Å². The number of fused-ring (bicyclic) bond motifs is 3. The molecule has 1 spiro atoms. The van der Waals surface area contributed by atoms with Crippen molar-refractivity contribution in [3.05, 3.63) is 35.2 Å². The Kier molecular flexibility index (Phi) is 2.50. The second-order valence-electron chi connectivity index (χ2n) is 6.73. The summed E-state index contributed by atoms with van der Waals surface area (Å²) in [5, 5.41) is 3.47. The van der Waals surface area contributed by atoms with Gasteiger partial charge < -0.3 is 5.43 Å². The molecule has 0 radical (unpaired) electrons. The molecule has 1 aromatic carbocycles. The molecule has 3 fully saturated rings. The average Bonchev–Trinajstić information content (AvgIpc) is 3.15. The predicted molar refractivity (Wildman–Crippen MR) is 87.4 cm³/mol. The first-order chi connectivity index (χ1) is 10.3. The lowest BCUT2D eigenvalue weighted by Crippen LogP contribution is -2.56. The number of nitrogens with zero attached hydrogens (tertiary/aromatic N) is 1. The molecule has 1 atom stereocenters. The van der Waals surface area contributed by atoms with Gasteiger partial charge in [-0.15, -0.1) is 11.3 Å². The Balaban J connectivity index is 1.53. The van der Waals surface area contributed by atoms with E-state index >= 15 is 0 Å². The van der Waals surface area contributed by atoms with Gasteiger partial charge in [-0.2, -0.15) is 0 Å². The number of rotatable bonds is 1. The van der Waals surface area contributed by atoms with Crippen molar-refractivity contribution in [3.8, 4) is 0 Å². The van der Waals surface area contributed by atoms with Crippen molar-refractivity contribution in [3.63, 3.8) is 0 Å². The second kappa shape index (κ2) is 4.31. The largest absolute Gasteiger partial charge is 0.303 e. The molecule has 0 amide bonds. The van der Waals surface area contributed by atoms with Gasteiger partial charge >= 0.3 is 0 Å². The van der Waals surface area contributed by atoms with Crippen LogP contribution in [0.15, 0.2) is 34.6 Å². The molecular formula is C17H19N3S. The highest BCUT2D eigenvalue weighted by atomic mass is 32.1. The fraction of sp³-hybridized carbons (Fsp3) is 0.471. The Morgan fingerprint density at radius 2 is 2.05 bits per heavy atom. The van der Waals surface area contributed by atoms with Gasteiger partial charge in [-0.25, -0.2) is 10.4 Å². The van der Waals surface area contributed by atoms with Crippen LogP contribution in [0.2, 0.25) is 0 Å². The first-order valence-corrected chi connectivity index (χ1v) is 8.81. The topological polar surface area (TPSA) is 36.4 Å². The summed E-state index contributed by atoms with van der Waals surface area (Å²) in [7, 11) is 0. The molecule has 1 aliphatic heterocycles. The summed E-state index contributed by atoms with van der Waals surface area (Å²) in [6, 6.07) is 8.81. The number of thiophene rings is 1. The van der Waals surface area contributed by atoms with Crippen LogP contribution in [0.25, 0.3) is 10.1 Å². The maximum Gasteiger partial charge on any atom is 0.144 e. The Morgan fingerprint density at radius 3 is 2.86 bits per heavy atom. The van der Waals surface area contributed by atoms with Crippen molar-refractivity contribution >= 4 is 27.3 Å². The van der Waals surface area contributed by atoms with E-state index < -0.39 is 0 Å². The summed E-state index contributed by atoms with van der Waals surface area (Å²) >= 11 is 1.80. The third kappa shape index (κ3) is 1.79. The van der Waals surface area contributed by atoms with Gasteiger partial charge in [-0.3, -0.25) is 0 Å². The predicted octanol–water partition coefficient (Wildman–Crippen LogP) is 3.66. The normalized spacial score (nSPS) is 34.4. The number of hydrogen-bond acceptors (Lipinski definition) is 4. The molecule has 2 N–H and O–H groups in total. The van der Waals surface area contributed by atoms with E-state index in [1.807, 2.05) is 0 Å². The van der Waals surface area contributed by atoms with Gasteiger partial charge in [0.05, 0.1) is 0 Å². The van der Waals surface area contributed by atoms with E-state index in [-0.39, 0.29) is 5.66 Å². The molecule has 6 rings (SSSR count). The minimum absolute atomic E-state index is 0.0269. The Morgan fingerprint density at radius 1 is 1.14 bits per heavy atom. The van der Waals surface area contributed by atoms with Crippen molar-refractivity contribution < 1.29 is 0 Å². The minimum atomic E-state index is -0.0269. The molecule has 21 heavy (non-hydrogen) atoms. The average molecular weight is 297 g/mol. The third-order valence-corrected chi connectivity index (χ3v) is 6.44. The van der Waals surface area contributed by atoms with E-state index in [0.29, 0.717) is 5.92 Å². The summed E-state index contributed by atoms with van der Waals surface area (Å²) in [6.45, 7) is 0. The number of aliphatic imine (C=N–C) groups is 1. The number of nitrogens with one attached hydrogen (secondary N) is 2. The van der Waals surface area contributed by atoms with Gasteiger partial charge in [0.15, 0.2) is 0 Å². The molecule has 3 saturated carbocycles. The lowest BCUT2D eigenvalue weighted by Gasteiger charge is -2.47. The quantitative estimate of drug-likeness (QED) is 0.842. The summed E-state index contributed by atoms with van der Waals surface area (Å²) < 4.78 is 1.34. The number of amidine groups is 1. The summed E-state index contributed by atoms with van der Waals surface area (Å²) in [6.07, 6.45) is 6.68. The maximum atomic E-state index is 5.12. The van der Waals surface area contributed by atoms with E-state index in [4.69, 9.17) is 4.99 Å². The van der Waals surface area contributed by atoms with Gasteiger partial charge in [0, 0.05) is 10.3 Å². The van der Waals surface area contributed by atoms with Crippen molar-refractivity contribution in [1.29, 1.82) is 0 Å². The molecule has 0 saturated heterocycles. The van der Waals surface area contributed by atoms with Crippen LogP contribution in [0.3, 0.4) is 0 Å². The molecule has 2 bridgehead atoms. The van der Waals surface area contributed by atoms with Gasteiger partial charge in [-0.1, -0.05) is 12.1 Å². The van der Waals surface area contributed by atoms with Crippen LogP contribution in [-0.4, -0.2) is 11.5 Å². The fourth-order valence-electron chi connectivity index (χ4n) is 4.40. The standard InChI is InChI=1S/C17H19N3S/c1-5-14-6-2-11(1)10-17(14)18-16(19-20-17)13-4-3-12-7-8-21-15(12)9-13/h3-4,7-9,11,14,20H,1-2,5-6,10H2,(H,18,19)/t11?,14?,17-/m1/s1. The zero-order valence-electron chi connectivity index (χ0n) is 11.9. The van der Waals surface area contributed by atoms with Crippen molar-refractivity contribution in [2.45, 2.75) is 37.8 Å². The van der Waals surface area contributed by atoms with Gasteiger partial charge in [0.1, 0.15) is 11.5 Å². The molecular weight excluding hydrogens is 278 g/mol. The maximum absolute atomic E-state index is 5.12. The molecule has 4 heteroatoms. The fourth-order valence-corrected chi connectivity index (χ4v) is 5.23. The van der Waals surface area contributed by atoms with Gasteiger partial charge in [0.2, 0.25) is 0 Å². The third-order valence-electron chi connectivity index (χ3n) is 5.56. The number of hydrazine groups is 1. The Bertz CT molecular complexity index is 726. The molecule has 3 aliphatic carbocycles. The SMILES string of the molecule is c1cc2ccc(C3=N[C@]4(CC5CCC4CC5)NN3)cc2s1. The highest BCUT2D eigenvalue weighted by Gasteiger charge is 2.49. The summed E-state index contributed by atoms with van der Waals surface area (Å²) in [5.41, 5.74) is 8.10. The molecule has 4 aliphatic rings. The first-order valence-electron chi connectivity index (χ1n) is 7.93. The Hall–Kier alpha value is -1.39. The van der Waals surface area contributed by atoms with Crippen LogP contribution in [0, 0.1) is 11.8 Å². The van der Waals surface area contributed by atoms with Crippen LogP contribution < -0.4 is 10.9 Å². The molecule has 0 unspecified atom stereocenters. The van der Waals surface area contributed by atoms with Crippen molar-refractivity contribution in [1.82, 2.24) is 10.9 Å². The monoisotopic (exact) mass is 297 g/mol. The molecule has 108 valence electrons. The van der Waals surface area contributed by atoms with Crippen LogP contribution in [0.4, 0.5) is 0 Å². The smallest absolute Gasteiger partial charge is 0.144 e. The van der Waals surface area contributed by atoms with E-state index in [2.05, 4.69) is 40.5 Å². The van der Waals surface area contributed by atoms with Crippen LogP contribution in [0.1, 0.15) is 37.7 Å². The van der Waals surface area contributed by atoms with Crippen LogP contribution in [0.5, 0.6) is 0 Å². The van der Waals surface area contributed by atoms with E-state index in [1.165, 1.54) is 47.8 Å². The molecule has 3 nitrogen and oxygen atoms in total. The Labute approximate surface area is 128 Å². The zero-order chi connectivity index (χ0) is 13.9. The number of benzene rings is 1. The minimum Gasteiger partial charge on any atom is -0.303 e. The molecule has 2 aromatic rings. The van der Waals surface area contributed by atoms with Gasteiger partial charge in [-0.05, 0) is 66.8 Å². The summed E-state index contributed by atoms with van der Waals surface area (Å²) in [4.78, 5) is 5.12. The van der Waals surface area contributed by atoms with Crippen molar-refractivity contribution in [2.75, 3.05) is 0 Å². The second-order valence-corrected chi connectivity index (χ2v) is 7.68. The lowest BCUT2D eigenvalue weighted by atomic mass is 9.65. The van der Waals surface area contributed by atoms with Gasteiger partial charge in [0.25, 0.3) is 0 Å². The zero-order valence-corrected chi connectivity index (χ0v) is 12.7.